The number of benzene rings is 2. The molecule has 0 fully saturated rings. The zero-order valence-electron chi connectivity index (χ0n) is 13.5. The fraction of sp³-hybridized carbons (Fsp3) is 0.158. The number of rotatable bonds is 6. The quantitative estimate of drug-likeness (QED) is 0.683. The highest BCUT2D eigenvalue weighted by molar-refractivity contribution is 7.89. The van der Waals surface area contributed by atoms with Gasteiger partial charge in [0.05, 0.1) is 11.0 Å². The Labute approximate surface area is 147 Å². The van der Waals surface area contributed by atoms with Crippen molar-refractivity contribution in [1.82, 2.24) is 9.29 Å². The van der Waals surface area contributed by atoms with E-state index in [4.69, 9.17) is 5.26 Å². The summed E-state index contributed by atoms with van der Waals surface area (Å²) in [6.45, 7) is 0.317. The van der Waals surface area contributed by atoms with Crippen molar-refractivity contribution in [2.75, 3.05) is 6.54 Å². The third-order valence-electron chi connectivity index (χ3n) is 3.92. The van der Waals surface area contributed by atoms with E-state index in [1.807, 2.05) is 36.4 Å². The minimum Gasteiger partial charge on any atom is -0.264 e. The predicted octanol–water partition coefficient (Wildman–Crippen LogP) is 3.34. The zero-order chi connectivity index (χ0) is 17.7. The Balaban J connectivity index is 2.05. The van der Waals surface area contributed by atoms with Crippen LogP contribution in [0.4, 0.5) is 0 Å². The van der Waals surface area contributed by atoms with E-state index in [0.717, 1.165) is 10.9 Å². The molecule has 6 heteroatoms. The van der Waals surface area contributed by atoms with Crippen LogP contribution < -0.4 is 0 Å². The summed E-state index contributed by atoms with van der Waals surface area (Å²) >= 11 is 0. The Morgan fingerprint density at radius 3 is 2.60 bits per heavy atom. The lowest BCUT2D eigenvalue weighted by atomic mass is 10.1. The van der Waals surface area contributed by atoms with Crippen LogP contribution in [0, 0.1) is 11.3 Å². The maximum Gasteiger partial charge on any atom is 0.244 e. The summed E-state index contributed by atoms with van der Waals surface area (Å²) in [6.07, 6.45) is 3.41. The molecule has 0 spiro atoms. The number of pyridine rings is 1. The van der Waals surface area contributed by atoms with Crippen LogP contribution in [0.2, 0.25) is 0 Å². The van der Waals surface area contributed by atoms with Crippen molar-refractivity contribution in [2.24, 2.45) is 0 Å². The van der Waals surface area contributed by atoms with Crippen LogP contribution in [0.3, 0.4) is 0 Å². The number of hydrogen-bond donors (Lipinski definition) is 0. The van der Waals surface area contributed by atoms with E-state index in [0.29, 0.717) is 5.39 Å². The number of nitrogens with zero attached hydrogens (tertiary/aromatic N) is 3. The van der Waals surface area contributed by atoms with E-state index in [1.54, 1.807) is 36.7 Å². The van der Waals surface area contributed by atoms with Crippen molar-refractivity contribution in [3.05, 3.63) is 72.6 Å². The van der Waals surface area contributed by atoms with Crippen molar-refractivity contribution in [1.29, 1.82) is 5.26 Å². The number of aromatic nitrogens is 1. The molecular weight excluding hydrogens is 334 g/mol. The monoisotopic (exact) mass is 351 g/mol. The Morgan fingerprint density at radius 1 is 1.04 bits per heavy atom. The molecule has 5 nitrogen and oxygen atoms in total. The van der Waals surface area contributed by atoms with E-state index in [9.17, 15) is 8.42 Å². The molecule has 2 aromatic carbocycles. The normalized spacial score (nSPS) is 11.5. The van der Waals surface area contributed by atoms with Crippen molar-refractivity contribution in [2.45, 2.75) is 17.9 Å². The summed E-state index contributed by atoms with van der Waals surface area (Å²) in [7, 11) is -3.74. The Morgan fingerprint density at radius 2 is 1.84 bits per heavy atom. The minimum atomic E-state index is -3.74. The molecule has 0 amide bonds. The second kappa shape index (κ2) is 7.43. The van der Waals surface area contributed by atoms with Gasteiger partial charge in [-0.2, -0.15) is 9.57 Å². The second-order valence-corrected chi connectivity index (χ2v) is 7.49. The lowest BCUT2D eigenvalue weighted by Gasteiger charge is -2.22. The van der Waals surface area contributed by atoms with Gasteiger partial charge in [0.15, 0.2) is 0 Å². The third kappa shape index (κ3) is 3.68. The van der Waals surface area contributed by atoms with Gasteiger partial charge in [0.25, 0.3) is 0 Å². The molecule has 1 aromatic heterocycles. The van der Waals surface area contributed by atoms with Crippen LogP contribution in [0.15, 0.2) is 71.9 Å². The van der Waals surface area contributed by atoms with Gasteiger partial charge in [0, 0.05) is 37.3 Å². The largest absolute Gasteiger partial charge is 0.264 e. The van der Waals surface area contributed by atoms with Gasteiger partial charge in [-0.05, 0) is 23.1 Å². The van der Waals surface area contributed by atoms with Crippen molar-refractivity contribution < 1.29 is 8.42 Å². The molecule has 0 unspecified atom stereocenters. The number of hydrogen-bond acceptors (Lipinski definition) is 4. The first kappa shape index (κ1) is 17.1. The van der Waals surface area contributed by atoms with E-state index in [2.05, 4.69) is 4.98 Å². The average molecular weight is 351 g/mol. The Hall–Kier alpha value is -2.75. The highest BCUT2D eigenvalue weighted by Gasteiger charge is 2.26. The highest BCUT2D eigenvalue weighted by Crippen LogP contribution is 2.26. The van der Waals surface area contributed by atoms with Gasteiger partial charge in [-0.1, -0.05) is 42.5 Å². The summed E-state index contributed by atoms with van der Waals surface area (Å²) in [4.78, 5) is 4.29. The molecule has 0 bridgehead atoms. The fourth-order valence-corrected chi connectivity index (χ4v) is 4.36. The number of nitriles is 1. The minimum absolute atomic E-state index is 0.129. The molecule has 0 aliphatic carbocycles. The molecule has 0 aliphatic heterocycles. The molecule has 126 valence electrons. The highest BCUT2D eigenvalue weighted by atomic mass is 32.2. The summed E-state index contributed by atoms with van der Waals surface area (Å²) in [5, 5.41) is 10.5. The van der Waals surface area contributed by atoms with Crippen LogP contribution in [0.25, 0.3) is 10.8 Å². The van der Waals surface area contributed by atoms with Crippen molar-refractivity contribution >= 4 is 20.8 Å². The summed E-state index contributed by atoms with van der Waals surface area (Å²) < 4.78 is 27.8. The molecule has 0 saturated heterocycles. The molecule has 3 rings (SSSR count). The van der Waals surface area contributed by atoms with E-state index in [-0.39, 0.29) is 24.4 Å². The first-order valence-electron chi connectivity index (χ1n) is 7.86. The molecule has 0 saturated carbocycles. The van der Waals surface area contributed by atoms with Gasteiger partial charge >= 0.3 is 0 Å². The summed E-state index contributed by atoms with van der Waals surface area (Å²) in [5.41, 5.74) is 0.782. The standard InChI is InChI=1S/C19H17N3O2S/c20-11-5-13-22(15-16-6-4-12-21-14-16)25(23,24)19-10-3-8-17-7-1-2-9-18(17)19/h1-4,6-10,12,14H,5,13,15H2. The van der Waals surface area contributed by atoms with Crippen molar-refractivity contribution in [3.8, 4) is 6.07 Å². The van der Waals surface area contributed by atoms with Crippen LogP contribution >= 0.6 is 0 Å². The lowest BCUT2D eigenvalue weighted by molar-refractivity contribution is 0.413. The van der Waals surface area contributed by atoms with Crippen LogP contribution in [-0.4, -0.2) is 24.3 Å². The fourth-order valence-electron chi connectivity index (χ4n) is 2.71. The van der Waals surface area contributed by atoms with Gasteiger partial charge in [-0.3, -0.25) is 4.98 Å². The van der Waals surface area contributed by atoms with E-state index in [1.165, 1.54) is 4.31 Å². The molecular formula is C19H17N3O2S. The molecule has 0 radical (unpaired) electrons. The van der Waals surface area contributed by atoms with E-state index >= 15 is 0 Å². The first-order valence-corrected chi connectivity index (χ1v) is 9.31. The smallest absolute Gasteiger partial charge is 0.244 e. The maximum atomic E-state index is 13.3. The number of sulfonamides is 1. The third-order valence-corrected chi connectivity index (χ3v) is 5.83. The SMILES string of the molecule is N#CCCN(Cc1cccnc1)S(=O)(=O)c1cccc2ccccc12. The molecule has 1 heterocycles. The van der Waals surface area contributed by atoms with E-state index < -0.39 is 10.0 Å². The molecule has 0 aliphatic rings. The predicted molar refractivity (Wildman–Crippen MR) is 96.0 cm³/mol. The van der Waals surface area contributed by atoms with Crippen LogP contribution in [-0.2, 0) is 16.6 Å². The van der Waals surface area contributed by atoms with Gasteiger partial charge in [0.1, 0.15) is 0 Å². The van der Waals surface area contributed by atoms with Gasteiger partial charge in [0.2, 0.25) is 10.0 Å². The van der Waals surface area contributed by atoms with Crippen molar-refractivity contribution in [3.63, 3.8) is 0 Å². The van der Waals surface area contributed by atoms with Gasteiger partial charge in [-0.25, -0.2) is 8.42 Å². The van der Waals surface area contributed by atoms with Crippen LogP contribution in [0.5, 0.6) is 0 Å². The number of fused-ring (bicyclic) bond motifs is 1. The second-order valence-electron chi connectivity index (χ2n) is 5.59. The maximum absolute atomic E-state index is 13.3. The van der Waals surface area contributed by atoms with Gasteiger partial charge < -0.3 is 0 Å². The Bertz CT molecular complexity index is 1010. The zero-order valence-corrected chi connectivity index (χ0v) is 14.4. The topological polar surface area (TPSA) is 74.1 Å². The first-order chi connectivity index (χ1) is 12.1. The van der Waals surface area contributed by atoms with Gasteiger partial charge in [-0.15, -0.1) is 0 Å². The summed E-state index contributed by atoms with van der Waals surface area (Å²) in [6, 6.07) is 18.2. The molecule has 25 heavy (non-hydrogen) atoms. The van der Waals surface area contributed by atoms with Crippen LogP contribution in [0.1, 0.15) is 12.0 Å². The molecule has 3 aromatic rings. The average Bonchev–Trinajstić information content (AvgIpc) is 2.65. The lowest BCUT2D eigenvalue weighted by Crippen LogP contribution is -2.31. The Kier molecular flexibility index (Phi) is 5.08. The molecule has 0 atom stereocenters. The molecule has 0 N–H and O–H groups in total. The summed E-state index contributed by atoms with van der Waals surface area (Å²) in [5.74, 6) is 0.